The molecule has 0 bridgehead atoms. The Morgan fingerprint density at radius 2 is 2.11 bits per heavy atom. The van der Waals surface area contributed by atoms with E-state index in [1.807, 2.05) is 18.2 Å². The van der Waals surface area contributed by atoms with Crippen LogP contribution in [0.4, 0.5) is 0 Å². The largest absolute Gasteiger partial charge is 0.380 e. The van der Waals surface area contributed by atoms with Crippen molar-refractivity contribution < 1.29 is 19.1 Å². The Labute approximate surface area is 158 Å². The number of carbonyl (C=O) groups excluding carboxylic acids is 3. The summed E-state index contributed by atoms with van der Waals surface area (Å²) >= 11 is 0. The lowest BCUT2D eigenvalue weighted by atomic mass is 10.0. The fraction of sp³-hybridized carbons (Fsp3) is 0.526. The summed E-state index contributed by atoms with van der Waals surface area (Å²) in [6.07, 6.45) is 1.50. The van der Waals surface area contributed by atoms with Crippen molar-refractivity contribution in [3.8, 4) is 0 Å². The number of nitrogens with one attached hydrogen (secondary N) is 2. The van der Waals surface area contributed by atoms with Crippen molar-refractivity contribution in [1.29, 1.82) is 0 Å². The average Bonchev–Trinajstić information content (AvgIpc) is 2.97. The fourth-order valence-electron chi connectivity index (χ4n) is 3.38. The molecule has 2 heterocycles. The van der Waals surface area contributed by atoms with Crippen molar-refractivity contribution in [2.45, 2.75) is 38.4 Å². The third kappa shape index (κ3) is 4.71. The van der Waals surface area contributed by atoms with E-state index in [0.717, 1.165) is 24.1 Å². The molecule has 27 heavy (non-hydrogen) atoms. The number of carbonyl (C=O) groups is 3. The van der Waals surface area contributed by atoms with E-state index in [4.69, 9.17) is 10.5 Å². The number of hydrogen-bond donors (Lipinski definition) is 3. The summed E-state index contributed by atoms with van der Waals surface area (Å²) in [5, 5.41) is 5.61. The van der Waals surface area contributed by atoms with Crippen molar-refractivity contribution in [2.75, 3.05) is 26.3 Å². The van der Waals surface area contributed by atoms with Crippen molar-refractivity contribution >= 4 is 17.7 Å². The number of amides is 3. The van der Waals surface area contributed by atoms with Gasteiger partial charge >= 0.3 is 0 Å². The smallest absolute Gasteiger partial charge is 0.255 e. The van der Waals surface area contributed by atoms with Gasteiger partial charge in [0, 0.05) is 38.2 Å². The van der Waals surface area contributed by atoms with Gasteiger partial charge in [-0.05, 0) is 36.6 Å². The Morgan fingerprint density at radius 3 is 2.89 bits per heavy atom. The van der Waals surface area contributed by atoms with Crippen LogP contribution in [0.5, 0.6) is 0 Å². The Balaban J connectivity index is 1.53. The monoisotopic (exact) mass is 374 g/mol. The molecule has 1 aromatic rings. The second-order valence-corrected chi connectivity index (χ2v) is 6.82. The summed E-state index contributed by atoms with van der Waals surface area (Å²) < 4.78 is 5.44. The van der Waals surface area contributed by atoms with Crippen LogP contribution in [-0.2, 0) is 27.4 Å². The zero-order valence-corrected chi connectivity index (χ0v) is 15.3. The predicted molar refractivity (Wildman–Crippen MR) is 98.7 cm³/mol. The lowest BCUT2D eigenvalue weighted by Gasteiger charge is -2.29. The number of nitrogens with zero attached hydrogens (tertiary/aromatic N) is 1. The molecule has 0 radical (unpaired) electrons. The fourth-order valence-corrected chi connectivity index (χ4v) is 3.38. The van der Waals surface area contributed by atoms with E-state index in [-0.39, 0.29) is 24.1 Å². The molecule has 1 unspecified atom stereocenters. The first-order valence-corrected chi connectivity index (χ1v) is 9.35. The molecule has 8 heteroatoms. The molecule has 1 aromatic carbocycles. The minimum absolute atomic E-state index is 0.147. The first kappa shape index (κ1) is 19.5. The minimum Gasteiger partial charge on any atom is -0.380 e. The van der Waals surface area contributed by atoms with Crippen LogP contribution in [0.1, 0.15) is 40.7 Å². The number of hydrogen-bond acceptors (Lipinski definition) is 6. The van der Waals surface area contributed by atoms with E-state index in [9.17, 15) is 14.4 Å². The third-order valence-corrected chi connectivity index (χ3v) is 4.84. The Bertz CT molecular complexity index is 722. The SMILES string of the molecule is NCCCOCCNCc1ccc2c(c1)C(=O)N(C1CCC(=O)NC1=O)C2. The molecule has 0 aliphatic carbocycles. The van der Waals surface area contributed by atoms with Gasteiger partial charge in [0.1, 0.15) is 6.04 Å². The van der Waals surface area contributed by atoms with E-state index in [1.165, 1.54) is 0 Å². The molecule has 146 valence electrons. The number of nitrogens with two attached hydrogens (primary N) is 1. The van der Waals surface area contributed by atoms with Gasteiger partial charge in [-0.1, -0.05) is 12.1 Å². The quantitative estimate of drug-likeness (QED) is 0.411. The molecule has 1 fully saturated rings. The van der Waals surface area contributed by atoms with Gasteiger partial charge in [-0.3, -0.25) is 19.7 Å². The van der Waals surface area contributed by atoms with Crippen molar-refractivity contribution in [3.63, 3.8) is 0 Å². The summed E-state index contributed by atoms with van der Waals surface area (Å²) in [6.45, 7) is 3.68. The molecule has 0 saturated carbocycles. The summed E-state index contributed by atoms with van der Waals surface area (Å²) in [6, 6.07) is 5.23. The highest BCUT2D eigenvalue weighted by atomic mass is 16.5. The third-order valence-electron chi connectivity index (χ3n) is 4.84. The van der Waals surface area contributed by atoms with Crippen LogP contribution in [-0.4, -0.2) is 55.0 Å². The van der Waals surface area contributed by atoms with Crippen LogP contribution >= 0.6 is 0 Å². The summed E-state index contributed by atoms with van der Waals surface area (Å²) in [4.78, 5) is 37.7. The number of fused-ring (bicyclic) bond motifs is 1. The Hall–Kier alpha value is -2.29. The van der Waals surface area contributed by atoms with Gasteiger partial charge in [0.2, 0.25) is 11.8 Å². The molecule has 2 aliphatic rings. The van der Waals surface area contributed by atoms with E-state index in [0.29, 0.717) is 44.8 Å². The Morgan fingerprint density at radius 1 is 1.26 bits per heavy atom. The van der Waals surface area contributed by atoms with E-state index < -0.39 is 6.04 Å². The van der Waals surface area contributed by atoms with Crippen molar-refractivity contribution in [3.05, 3.63) is 34.9 Å². The van der Waals surface area contributed by atoms with Crippen LogP contribution in [0.2, 0.25) is 0 Å². The number of benzene rings is 1. The van der Waals surface area contributed by atoms with Crippen molar-refractivity contribution in [1.82, 2.24) is 15.5 Å². The van der Waals surface area contributed by atoms with Gasteiger partial charge in [-0.2, -0.15) is 0 Å². The lowest BCUT2D eigenvalue weighted by Crippen LogP contribution is -2.52. The molecule has 2 aliphatic heterocycles. The number of imide groups is 1. The van der Waals surface area contributed by atoms with Crippen LogP contribution in [0.3, 0.4) is 0 Å². The molecule has 0 spiro atoms. The highest BCUT2D eigenvalue weighted by molar-refractivity contribution is 6.05. The summed E-state index contributed by atoms with van der Waals surface area (Å²) in [7, 11) is 0. The van der Waals surface area contributed by atoms with E-state index >= 15 is 0 Å². The zero-order valence-electron chi connectivity index (χ0n) is 15.3. The van der Waals surface area contributed by atoms with E-state index in [2.05, 4.69) is 10.6 Å². The maximum absolute atomic E-state index is 12.8. The normalized spacial score (nSPS) is 19.4. The molecular formula is C19H26N4O4. The molecule has 4 N–H and O–H groups in total. The van der Waals surface area contributed by atoms with E-state index in [1.54, 1.807) is 4.90 Å². The Kier molecular flexibility index (Phi) is 6.54. The zero-order chi connectivity index (χ0) is 19.2. The molecule has 8 nitrogen and oxygen atoms in total. The first-order valence-electron chi connectivity index (χ1n) is 9.35. The second kappa shape index (κ2) is 9.07. The minimum atomic E-state index is -0.574. The van der Waals surface area contributed by atoms with Gasteiger partial charge < -0.3 is 20.7 Å². The van der Waals surface area contributed by atoms with Gasteiger partial charge in [0.15, 0.2) is 0 Å². The molecule has 1 saturated heterocycles. The molecular weight excluding hydrogens is 348 g/mol. The van der Waals surface area contributed by atoms with Crippen LogP contribution in [0.15, 0.2) is 18.2 Å². The van der Waals surface area contributed by atoms with Gasteiger partial charge in [-0.25, -0.2) is 0 Å². The maximum atomic E-state index is 12.8. The summed E-state index contributed by atoms with van der Waals surface area (Å²) in [5.74, 6) is -0.809. The highest BCUT2D eigenvalue weighted by Gasteiger charge is 2.38. The lowest BCUT2D eigenvalue weighted by molar-refractivity contribution is -0.136. The van der Waals surface area contributed by atoms with Crippen LogP contribution < -0.4 is 16.4 Å². The van der Waals surface area contributed by atoms with Crippen molar-refractivity contribution in [2.24, 2.45) is 5.73 Å². The second-order valence-electron chi connectivity index (χ2n) is 6.82. The van der Waals surface area contributed by atoms with Gasteiger partial charge in [0.05, 0.1) is 6.61 Å². The predicted octanol–water partition coefficient (Wildman–Crippen LogP) is -0.0974. The number of piperidine rings is 1. The summed E-state index contributed by atoms with van der Waals surface area (Å²) in [5.41, 5.74) is 7.97. The number of ether oxygens (including phenoxy) is 1. The van der Waals surface area contributed by atoms with Crippen LogP contribution in [0.25, 0.3) is 0 Å². The molecule has 3 rings (SSSR count). The van der Waals surface area contributed by atoms with Gasteiger partial charge in [0.25, 0.3) is 5.91 Å². The molecule has 3 amide bonds. The van der Waals surface area contributed by atoms with Gasteiger partial charge in [-0.15, -0.1) is 0 Å². The topological polar surface area (TPSA) is 114 Å². The molecule has 0 aromatic heterocycles. The first-order chi connectivity index (χ1) is 13.1. The standard InChI is InChI=1S/C19H26N4O4/c20-6-1-8-27-9-7-21-11-13-2-3-14-12-23(19(26)15(14)10-13)16-4-5-17(24)22-18(16)25/h2-3,10,16,21H,1,4-9,11-12,20H2,(H,22,24,25). The average molecular weight is 374 g/mol. The number of rotatable bonds is 9. The van der Waals surface area contributed by atoms with Crippen LogP contribution in [0, 0.1) is 0 Å². The molecule has 1 atom stereocenters. The highest BCUT2D eigenvalue weighted by Crippen LogP contribution is 2.28. The maximum Gasteiger partial charge on any atom is 0.255 e.